The Morgan fingerprint density at radius 1 is 1.50 bits per heavy atom. The van der Waals surface area contributed by atoms with Crippen LogP contribution in [0.2, 0.25) is 5.02 Å². The smallest absolute Gasteiger partial charge is 0.338 e. The van der Waals surface area contributed by atoms with Gasteiger partial charge in [0.15, 0.2) is 0 Å². The number of ether oxygens (including phenoxy) is 1. The second-order valence-corrected chi connectivity index (χ2v) is 6.42. The fourth-order valence-electron chi connectivity index (χ4n) is 1.79. The maximum atomic E-state index is 12.0. The van der Waals surface area contributed by atoms with E-state index in [1.165, 1.54) is 6.07 Å². The fraction of sp³-hybridized carbons (Fsp3) is 0.357. The Morgan fingerprint density at radius 2 is 2.21 bits per heavy atom. The van der Waals surface area contributed by atoms with Crippen molar-refractivity contribution in [2.24, 2.45) is 0 Å². The van der Waals surface area contributed by atoms with E-state index in [4.69, 9.17) is 16.3 Å². The van der Waals surface area contributed by atoms with E-state index < -0.39 is 10.9 Å². The Labute approximate surface area is 147 Å². The molecule has 1 N–H and O–H groups in total. The zero-order valence-electron chi connectivity index (χ0n) is 13.2. The van der Waals surface area contributed by atoms with Crippen LogP contribution in [0.15, 0.2) is 22.2 Å². The first-order valence-electron chi connectivity index (χ1n) is 7.09. The van der Waals surface area contributed by atoms with Crippen molar-refractivity contribution in [2.45, 2.75) is 43.3 Å². The molecule has 0 spiro atoms. The number of rotatable bonds is 6. The number of esters is 1. The highest BCUT2D eigenvalue weighted by Gasteiger charge is 2.24. The summed E-state index contributed by atoms with van der Waals surface area (Å²) in [6.07, 6.45) is 0.314. The first-order chi connectivity index (χ1) is 11.3. The minimum Gasteiger partial charge on any atom is -0.459 e. The van der Waals surface area contributed by atoms with Gasteiger partial charge in [-0.25, -0.2) is 9.78 Å². The summed E-state index contributed by atoms with van der Waals surface area (Å²) in [5, 5.41) is 18.4. The monoisotopic (exact) mass is 370 g/mol. The molecule has 128 valence electrons. The minimum absolute atomic E-state index is 0.0222. The Morgan fingerprint density at radius 3 is 2.75 bits per heavy atom. The molecule has 0 amide bonds. The number of hydrogen-bond acceptors (Lipinski definition) is 7. The van der Waals surface area contributed by atoms with E-state index in [-0.39, 0.29) is 27.3 Å². The van der Waals surface area contributed by atoms with E-state index >= 15 is 0 Å². The molecule has 0 aliphatic rings. The molecule has 1 aromatic heterocycles. The average Bonchev–Trinajstić information content (AvgIpc) is 2.95. The molecule has 0 radical (unpaired) electrons. The molecule has 1 heterocycles. The van der Waals surface area contributed by atoms with Crippen LogP contribution in [0, 0.1) is 10.1 Å². The number of nitro benzene ring substituents is 1. The number of nitro groups is 1. The molecule has 10 heteroatoms. The van der Waals surface area contributed by atoms with Crippen LogP contribution in [0.3, 0.4) is 0 Å². The molecule has 2 aromatic rings. The third kappa shape index (κ3) is 4.24. The summed E-state index contributed by atoms with van der Waals surface area (Å²) in [4.78, 5) is 27.1. The highest BCUT2D eigenvalue weighted by atomic mass is 35.5. The zero-order chi connectivity index (χ0) is 17.9. The Hall–Kier alpha value is -2.13. The highest BCUT2D eigenvalue weighted by Crippen LogP contribution is 2.39. The third-order valence-corrected chi connectivity index (χ3v) is 4.25. The summed E-state index contributed by atoms with van der Waals surface area (Å²) in [5.41, 5.74) is -0.278. The molecule has 0 bridgehead atoms. The van der Waals surface area contributed by atoms with Gasteiger partial charge in [0.2, 0.25) is 5.16 Å². The lowest BCUT2D eigenvalue weighted by Crippen LogP contribution is -2.12. The second-order valence-electron chi connectivity index (χ2n) is 5.04. The van der Waals surface area contributed by atoms with E-state index in [1.807, 2.05) is 6.92 Å². The summed E-state index contributed by atoms with van der Waals surface area (Å²) in [6.45, 7) is 5.28. The van der Waals surface area contributed by atoms with Crippen molar-refractivity contribution in [2.75, 3.05) is 0 Å². The SMILES string of the molecule is CCc1nc(Sc2c(Cl)cc(C(=O)OC(C)C)cc2[N+](=O)[O-])n[nH]1. The zero-order valence-corrected chi connectivity index (χ0v) is 14.8. The largest absolute Gasteiger partial charge is 0.459 e. The molecular formula is C14H15ClN4O4S. The minimum atomic E-state index is -0.669. The standard InChI is InChI=1S/C14H15ClN4O4S/c1-4-11-16-14(18-17-11)24-12-9(15)5-8(6-10(12)19(21)22)13(20)23-7(2)3/h5-7H,4H2,1-3H3,(H,16,17,18). The molecule has 0 saturated heterocycles. The maximum absolute atomic E-state index is 12.0. The van der Waals surface area contributed by atoms with E-state index in [1.54, 1.807) is 13.8 Å². The normalized spacial score (nSPS) is 10.9. The van der Waals surface area contributed by atoms with Crippen molar-refractivity contribution in [3.63, 3.8) is 0 Å². The number of carbonyl (C=O) groups excluding carboxylic acids is 1. The fourth-order valence-corrected chi connectivity index (χ4v) is 2.94. The maximum Gasteiger partial charge on any atom is 0.338 e. The van der Waals surface area contributed by atoms with E-state index in [2.05, 4.69) is 15.2 Å². The van der Waals surface area contributed by atoms with Crippen molar-refractivity contribution in [1.29, 1.82) is 0 Å². The van der Waals surface area contributed by atoms with Gasteiger partial charge in [0.1, 0.15) is 10.7 Å². The van der Waals surface area contributed by atoms with Gasteiger partial charge in [-0.15, -0.1) is 5.10 Å². The molecule has 0 aliphatic heterocycles. The van der Waals surface area contributed by atoms with Gasteiger partial charge in [0, 0.05) is 12.5 Å². The number of aromatic nitrogens is 3. The molecule has 8 nitrogen and oxygen atoms in total. The lowest BCUT2D eigenvalue weighted by Gasteiger charge is -2.09. The van der Waals surface area contributed by atoms with Gasteiger partial charge in [-0.2, -0.15) is 0 Å². The average molecular weight is 371 g/mol. The van der Waals surface area contributed by atoms with Gasteiger partial charge in [-0.3, -0.25) is 15.2 Å². The first kappa shape index (κ1) is 18.2. The Bertz CT molecular complexity index is 778. The Balaban J connectivity index is 2.40. The number of hydrogen-bond donors (Lipinski definition) is 1. The van der Waals surface area contributed by atoms with Crippen LogP contribution < -0.4 is 0 Å². The van der Waals surface area contributed by atoms with Crippen molar-refractivity contribution in [1.82, 2.24) is 15.2 Å². The van der Waals surface area contributed by atoms with Crippen LogP contribution in [0.25, 0.3) is 0 Å². The number of carbonyl (C=O) groups is 1. The van der Waals surface area contributed by atoms with Gasteiger partial charge in [-0.05, 0) is 31.7 Å². The number of aryl methyl sites for hydroxylation is 1. The molecule has 0 aliphatic carbocycles. The molecule has 2 rings (SSSR count). The second kappa shape index (κ2) is 7.63. The Kier molecular flexibility index (Phi) is 5.79. The number of halogens is 1. The van der Waals surface area contributed by atoms with Crippen molar-refractivity contribution in [3.05, 3.63) is 38.7 Å². The molecule has 0 unspecified atom stereocenters. The summed E-state index contributed by atoms with van der Waals surface area (Å²) in [7, 11) is 0. The molecule has 24 heavy (non-hydrogen) atoms. The van der Waals surface area contributed by atoms with Crippen molar-refractivity contribution in [3.8, 4) is 0 Å². The van der Waals surface area contributed by atoms with E-state index in [0.717, 1.165) is 17.8 Å². The topological polar surface area (TPSA) is 111 Å². The van der Waals surface area contributed by atoms with Gasteiger partial charge in [-0.1, -0.05) is 18.5 Å². The molecule has 1 aromatic carbocycles. The van der Waals surface area contributed by atoms with Crippen LogP contribution in [0.1, 0.15) is 37.0 Å². The molecule has 0 fully saturated rings. The van der Waals surface area contributed by atoms with Crippen molar-refractivity contribution < 1.29 is 14.5 Å². The molecule has 0 saturated carbocycles. The lowest BCUT2D eigenvalue weighted by atomic mass is 10.2. The highest BCUT2D eigenvalue weighted by molar-refractivity contribution is 7.99. The van der Waals surface area contributed by atoms with E-state index in [9.17, 15) is 14.9 Å². The van der Waals surface area contributed by atoms with Gasteiger partial charge in [0.05, 0.1) is 21.6 Å². The van der Waals surface area contributed by atoms with Gasteiger partial charge < -0.3 is 4.74 Å². The number of nitrogens with zero attached hydrogens (tertiary/aromatic N) is 3. The van der Waals surface area contributed by atoms with Crippen LogP contribution in [0.4, 0.5) is 5.69 Å². The van der Waals surface area contributed by atoms with Gasteiger partial charge >= 0.3 is 5.97 Å². The summed E-state index contributed by atoms with van der Waals surface area (Å²) in [5.74, 6) is -0.00822. The molecule has 0 atom stereocenters. The van der Waals surface area contributed by atoms with Gasteiger partial charge in [0.25, 0.3) is 5.69 Å². The van der Waals surface area contributed by atoms with E-state index in [0.29, 0.717) is 17.4 Å². The lowest BCUT2D eigenvalue weighted by molar-refractivity contribution is -0.387. The number of H-pyrrole nitrogens is 1. The quantitative estimate of drug-likeness (QED) is 0.469. The summed E-state index contributed by atoms with van der Waals surface area (Å²) >= 11 is 7.11. The number of benzene rings is 1. The van der Waals surface area contributed by atoms with Crippen molar-refractivity contribution >= 4 is 35.0 Å². The number of nitrogens with one attached hydrogen (secondary N) is 1. The first-order valence-corrected chi connectivity index (χ1v) is 8.29. The van der Waals surface area contributed by atoms with Crippen LogP contribution in [0.5, 0.6) is 0 Å². The van der Waals surface area contributed by atoms with Crippen LogP contribution in [-0.2, 0) is 11.2 Å². The summed E-state index contributed by atoms with van der Waals surface area (Å²) in [6, 6.07) is 2.49. The predicted octanol–water partition coefficient (Wildman–Crippen LogP) is 3.65. The molecular weight excluding hydrogens is 356 g/mol. The number of aromatic amines is 1. The predicted molar refractivity (Wildman–Crippen MR) is 88.5 cm³/mol. The van der Waals surface area contributed by atoms with Crippen LogP contribution in [-0.4, -0.2) is 32.2 Å². The van der Waals surface area contributed by atoms with Crippen LogP contribution >= 0.6 is 23.4 Å². The third-order valence-electron chi connectivity index (χ3n) is 2.84. The summed E-state index contributed by atoms with van der Waals surface area (Å²) < 4.78 is 5.05.